The zero-order valence-electron chi connectivity index (χ0n) is 12.9. The van der Waals surface area contributed by atoms with Gasteiger partial charge >= 0.3 is 0 Å². The van der Waals surface area contributed by atoms with Crippen LogP contribution in [0, 0.1) is 0 Å². The second-order valence-electron chi connectivity index (χ2n) is 6.19. The highest BCUT2D eigenvalue weighted by Gasteiger charge is 2.32. The fourth-order valence-electron chi connectivity index (χ4n) is 3.18. The summed E-state index contributed by atoms with van der Waals surface area (Å²) < 4.78 is 11.1. The summed E-state index contributed by atoms with van der Waals surface area (Å²) in [4.78, 5) is 6.78. The molecular formula is C15H21N5O2. The van der Waals surface area contributed by atoms with Crippen molar-refractivity contribution >= 4 is 0 Å². The van der Waals surface area contributed by atoms with Gasteiger partial charge in [-0.1, -0.05) is 18.5 Å². The second kappa shape index (κ2) is 5.79. The van der Waals surface area contributed by atoms with Gasteiger partial charge in [0.15, 0.2) is 5.82 Å². The Morgan fingerprint density at radius 1 is 1.14 bits per heavy atom. The van der Waals surface area contributed by atoms with Gasteiger partial charge in [-0.2, -0.15) is 4.98 Å². The number of aryl methyl sites for hydroxylation is 1. The van der Waals surface area contributed by atoms with E-state index in [9.17, 15) is 0 Å². The van der Waals surface area contributed by atoms with Crippen LogP contribution >= 0.6 is 0 Å². The molecule has 0 aromatic carbocycles. The Kier molecular flexibility index (Phi) is 3.65. The highest BCUT2D eigenvalue weighted by Crippen LogP contribution is 2.36. The third-order valence-electron chi connectivity index (χ3n) is 4.72. The fraction of sp³-hybridized carbons (Fsp3) is 0.733. The van der Waals surface area contributed by atoms with Gasteiger partial charge < -0.3 is 8.94 Å². The SMILES string of the molecule is CCc1nc([C@H]2CCCN2Cc2nnc(C3CCC3)o2)no1. The summed E-state index contributed by atoms with van der Waals surface area (Å²) in [6.45, 7) is 3.69. The van der Waals surface area contributed by atoms with E-state index in [0.29, 0.717) is 24.2 Å². The van der Waals surface area contributed by atoms with Crippen molar-refractivity contribution in [3.8, 4) is 0 Å². The molecule has 0 N–H and O–H groups in total. The predicted molar refractivity (Wildman–Crippen MR) is 77.0 cm³/mol. The Morgan fingerprint density at radius 3 is 2.77 bits per heavy atom. The van der Waals surface area contributed by atoms with E-state index in [1.54, 1.807) is 0 Å². The first-order chi connectivity index (χ1) is 10.8. The quantitative estimate of drug-likeness (QED) is 0.839. The summed E-state index contributed by atoms with van der Waals surface area (Å²) in [5, 5.41) is 12.5. The van der Waals surface area contributed by atoms with Crippen molar-refractivity contribution in [1.82, 2.24) is 25.2 Å². The molecule has 2 aromatic rings. The number of hydrogen-bond donors (Lipinski definition) is 0. The molecule has 0 spiro atoms. The zero-order chi connectivity index (χ0) is 14.9. The topological polar surface area (TPSA) is 81.1 Å². The van der Waals surface area contributed by atoms with Crippen molar-refractivity contribution in [1.29, 1.82) is 0 Å². The lowest BCUT2D eigenvalue weighted by Gasteiger charge is -2.21. The maximum absolute atomic E-state index is 5.83. The minimum absolute atomic E-state index is 0.197. The number of hydrogen-bond acceptors (Lipinski definition) is 7. The van der Waals surface area contributed by atoms with Crippen LogP contribution in [0.1, 0.15) is 74.5 Å². The molecule has 0 amide bonds. The molecule has 1 saturated heterocycles. The minimum atomic E-state index is 0.197. The molecule has 0 bridgehead atoms. The summed E-state index contributed by atoms with van der Waals surface area (Å²) >= 11 is 0. The van der Waals surface area contributed by atoms with E-state index in [2.05, 4.69) is 25.2 Å². The molecule has 7 nitrogen and oxygen atoms in total. The zero-order valence-corrected chi connectivity index (χ0v) is 12.9. The summed E-state index contributed by atoms with van der Waals surface area (Å²) in [5.74, 6) is 3.48. The molecule has 1 atom stereocenters. The van der Waals surface area contributed by atoms with Crippen molar-refractivity contribution in [3.05, 3.63) is 23.5 Å². The van der Waals surface area contributed by atoms with E-state index in [1.807, 2.05) is 6.92 Å². The molecule has 1 aliphatic heterocycles. The van der Waals surface area contributed by atoms with Crippen molar-refractivity contribution in [2.75, 3.05) is 6.54 Å². The summed E-state index contributed by atoms with van der Waals surface area (Å²) in [7, 11) is 0. The van der Waals surface area contributed by atoms with Crippen molar-refractivity contribution in [3.63, 3.8) is 0 Å². The van der Waals surface area contributed by atoms with Crippen molar-refractivity contribution in [2.24, 2.45) is 0 Å². The highest BCUT2D eigenvalue weighted by atomic mass is 16.5. The summed E-state index contributed by atoms with van der Waals surface area (Å²) in [6, 6.07) is 0.197. The molecule has 1 saturated carbocycles. The van der Waals surface area contributed by atoms with Crippen LogP contribution in [0.25, 0.3) is 0 Å². The third-order valence-corrected chi connectivity index (χ3v) is 4.72. The Morgan fingerprint density at radius 2 is 2.05 bits per heavy atom. The molecule has 0 radical (unpaired) electrons. The number of aromatic nitrogens is 4. The smallest absolute Gasteiger partial charge is 0.230 e. The van der Waals surface area contributed by atoms with Crippen LogP contribution in [0.5, 0.6) is 0 Å². The van der Waals surface area contributed by atoms with Crippen LogP contribution in [0.15, 0.2) is 8.94 Å². The van der Waals surface area contributed by atoms with Gasteiger partial charge in [-0.05, 0) is 32.2 Å². The van der Waals surface area contributed by atoms with Gasteiger partial charge in [0.1, 0.15) is 0 Å². The lowest BCUT2D eigenvalue weighted by molar-refractivity contribution is 0.206. The Balaban J connectivity index is 1.45. The van der Waals surface area contributed by atoms with E-state index in [1.165, 1.54) is 19.3 Å². The number of likely N-dealkylation sites (tertiary alicyclic amines) is 1. The monoisotopic (exact) mass is 303 g/mol. The molecule has 2 aliphatic rings. The van der Waals surface area contributed by atoms with E-state index in [4.69, 9.17) is 8.94 Å². The Bertz CT molecular complexity index is 633. The third kappa shape index (κ3) is 2.54. The second-order valence-corrected chi connectivity index (χ2v) is 6.19. The molecule has 0 unspecified atom stereocenters. The number of rotatable bonds is 5. The van der Waals surface area contributed by atoms with Crippen LogP contribution in [0.2, 0.25) is 0 Å². The van der Waals surface area contributed by atoms with Crippen LogP contribution < -0.4 is 0 Å². The van der Waals surface area contributed by atoms with Crippen molar-refractivity contribution < 1.29 is 8.94 Å². The van der Waals surface area contributed by atoms with Gasteiger partial charge in [-0.15, -0.1) is 10.2 Å². The summed E-state index contributed by atoms with van der Waals surface area (Å²) in [5.41, 5.74) is 0. The first-order valence-electron chi connectivity index (χ1n) is 8.22. The van der Waals surface area contributed by atoms with Crippen molar-refractivity contribution in [2.45, 2.75) is 64.0 Å². The van der Waals surface area contributed by atoms with Crippen LogP contribution in [0.4, 0.5) is 0 Å². The van der Waals surface area contributed by atoms with Gasteiger partial charge in [0.25, 0.3) is 0 Å². The molecule has 2 aromatic heterocycles. The van der Waals surface area contributed by atoms with Gasteiger partial charge in [0.2, 0.25) is 17.7 Å². The lowest BCUT2D eigenvalue weighted by Crippen LogP contribution is -2.23. The van der Waals surface area contributed by atoms with Gasteiger partial charge in [0, 0.05) is 12.3 Å². The first kappa shape index (κ1) is 13.9. The molecule has 4 rings (SSSR count). The van der Waals surface area contributed by atoms with Crippen LogP contribution in [0.3, 0.4) is 0 Å². The maximum Gasteiger partial charge on any atom is 0.230 e. The molecule has 1 aliphatic carbocycles. The van der Waals surface area contributed by atoms with E-state index < -0.39 is 0 Å². The molecule has 7 heteroatoms. The normalized spacial score (nSPS) is 23.0. The Labute approximate surface area is 129 Å². The minimum Gasteiger partial charge on any atom is -0.424 e. The van der Waals surface area contributed by atoms with Gasteiger partial charge in [-0.3, -0.25) is 4.90 Å². The standard InChI is InChI=1S/C15H21N5O2/c1-2-12-16-14(19-22-12)11-7-4-8-20(11)9-13-17-18-15(21-13)10-5-3-6-10/h10-11H,2-9H2,1H3/t11-/m1/s1. The summed E-state index contributed by atoms with van der Waals surface area (Å²) in [6.07, 6.45) is 6.58. The first-order valence-corrected chi connectivity index (χ1v) is 8.22. The average Bonchev–Trinajstić information content (AvgIpc) is 3.17. The highest BCUT2D eigenvalue weighted by molar-refractivity contribution is 5.00. The van der Waals surface area contributed by atoms with Gasteiger partial charge in [0.05, 0.1) is 12.6 Å². The molecule has 118 valence electrons. The number of nitrogens with zero attached hydrogens (tertiary/aromatic N) is 5. The fourth-order valence-corrected chi connectivity index (χ4v) is 3.18. The Hall–Kier alpha value is -1.76. The largest absolute Gasteiger partial charge is 0.424 e. The average molecular weight is 303 g/mol. The molecule has 2 fully saturated rings. The van der Waals surface area contributed by atoms with Crippen LogP contribution in [-0.2, 0) is 13.0 Å². The van der Waals surface area contributed by atoms with E-state index in [-0.39, 0.29) is 6.04 Å². The molecular weight excluding hydrogens is 282 g/mol. The van der Waals surface area contributed by atoms with E-state index in [0.717, 1.165) is 37.5 Å². The molecule has 3 heterocycles. The molecule has 22 heavy (non-hydrogen) atoms. The van der Waals surface area contributed by atoms with E-state index >= 15 is 0 Å². The lowest BCUT2D eigenvalue weighted by atomic mass is 9.85. The van der Waals surface area contributed by atoms with Gasteiger partial charge in [-0.25, -0.2) is 0 Å². The maximum atomic E-state index is 5.83. The van der Waals surface area contributed by atoms with Crippen LogP contribution in [-0.4, -0.2) is 31.8 Å². The predicted octanol–water partition coefficient (Wildman–Crippen LogP) is 2.62.